The second-order valence-electron chi connectivity index (χ2n) is 5.46. The predicted molar refractivity (Wildman–Crippen MR) is 76.8 cm³/mol. The number of hydrogen-bond acceptors (Lipinski definition) is 3. The van der Waals surface area contributed by atoms with Crippen LogP contribution in [-0.2, 0) is 14.8 Å². The van der Waals surface area contributed by atoms with E-state index >= 15 is 0 Å². The van der Waals surface area contributed by atoms with Crippen molar-refractivity contribution in [1.29, 1.82) is 0 Å². The molecule has 1 unspecified atom stereocenters. The first-order valence-electron chi connectivity index (χ1n) is 5.90. The Kier molecular flexibility index (Phi) is 5.02. The second kappa shape index (κ2) is 5.80. The van der Waals surface area contributed by atoms with Crippen molar-refractivity contribution in [3.8, 4) is 0 Å². The van der Waals surface area contributed by atoms with Gasteiger partial charge in [-0.15, -0.1) is 0 Å². The Morgan fingerprint density at radius 3 is 2.05 bits per heavy atom. The predicted octanol–water partition coefficient (Wildman–Crippen LogP) is 0.983. The van der Waals surface area contributed by atoms with Crippen LogP contribution in [0.5, 0.6) is 0 Å². The zero-order valence-corrected chi connectivity index (χ0v) is 15.1. The molecule has 0 radical (unpaired) electrons. The Balaban J connectivity index is 3.01. The first-order valence-corrected chi connectivity index (χ1v) is 17.4. The van der Waals surface area contributed by atoms with Crippen LogP contribution < -0.4 is 8.30 Å². The zero-order chi connectivity index (χ0) is 14.8. The molecule has 1 rings (SSSR count). The maximum absolute atomic E-state index is 12.0. The summed E-state index contributed by atoms with van der Waals surface area (Å²) in [6, 6.07) is 5.58. The molecule has 0 aliphatic rings. The summed E-state index contributed by atoms with van der Waals surface area (Å²) in [5.74, 6) is -1.20. The fourth-order valence-corrected chi connectivity index (χ4v) is 6.01. The molecule has 0 spiro atoms. The first-order chi connectivity index (χ1) is 8.54. The summed E-state index contributed by atoms with van der Waals surface area (Å²) in [5, 5.41) is 8.72. The van der Waals surface area contributed by atoms with E-state index in [4.69, 9.17) is 5.11 Å². The monoisotopic (exact) mass is 393 g/mol. The summed E-state index contributed by atoms with van der Waals surface area (Å²) < 4.78 is 27.2. The van der Waals surface area contributed by atoms with E-state index in [0.29, 0.717) is 0 Å². The molecule has 19 heavy (non-hydrogen) atoms. The van der Waals surface area contributed by atoms with Crippen LogP contribution >= 0.6 is 0 Å². The Bertz CT molecular complexity index is 560. The Morgan fingerprint density at radius 2 is 1.68 bits per heavy atom. The third-order valence-electron chi connectivity index (χ3n) is 2.73. The number of sulfonamides is 1. The molecule has 0 saturated carbocycles. The number of hydrogen-bond donors (Lipinski definition) is 2. The topological polar surface area (TPSA) is 83.5 Å². The van der Waals surface area contributed by atoms with Crippen LogP contribution in [0.1, 0.15) is 6.92 Å². The number of carbonyl (C=O) groups is 1. The molecular formula is C12H19NO4SSn. The molecule has 5 nitrogen and oxygen atoms in total. The van der Waals surface area contributed by atoms with Gasteiger partial charge in [-0.05, 0) is 0 Å². The van der Waals surface area contributed by atoms with Crippen molar-refractivity contribution < 1.29 is 18.3 Å². The Hall–Kier alpha value is -0.601. The van der Waals surface area contributed by atoms with Gasteiger partial charge in [0.2, 0.25) is 0 Å². The average molecular weight is 392 g/mol. The quantitative estimate of drug-likeness (QED) is 0.733. The Labute approximate surface area is 118 Å². The van der Waals surface area contributed by atoms with Crippen LogP contribution in [0, 0.1) is 0 Å². The van der Waals surface area contributed by atoms with E-state index in [1.807, 2.05) is 12.1 Å². The van der Waals surface area contributed by atoms with E-state index in [0.717, 1.165) is 0 Å². The van der Waals surface area contributed by atoms with Gasteiger partial charge in [0.15, 0.2) is 0 Å². The average Bonchev–Trinajstić information content (AvgIpc) is 2.27. The molecule has 106 valence electrons. The van der Waals surface area contributed by atoms with E-state index < -0.39 is 40.4 Å². The van der Waals surface area contributed by atoms with Gasteiger partial charge in [0.25, 0.3) is 0 Å². The van der Waals surface area contributed by atoms with Crippen molar-refractivity contribution in [3.05, 3.63) is 24.3 Å². The summed E-state index contributed by atoms with van der Waals surface area (Å²) in [6.07, 6.45) is 0. The minimum atomic E-state index is -3.77. The van der Waals surface area contributed by atoms with Crippen molar-refractivity contribution in [2.45, 2.75) is 32.7 Å². The molecule has 1 aromatic carbocycles. The molecule has 0 bridgehead atoms. The number of aliphatic carboxylic acids is 1. The van der Waals surface area contributed by atoms with Crippen molar-refractivity contribution in [2.75, 3.05) is 0 Å². The first kappa shape index (κ1) is 16.5. The van der Waals surface area contributed by atoms with Gasteiger partial charge in [-0.3, -0.25) is 0 Å². The summed E-state index contributed by atoms with van der Waals surface area (Å²) >= 11 is -2.20. The molecule has 1 aromatic rings. The summed E-state index contributed by atoms with van der Waals surface area (Å²) in [5.41, 5.74) is 0. The molecule has 1 atom stereocenters. The minimum absolute atomic E-state index is 0.0971. The molecule has 0 fully saturated rings. The normalized spacial score (nSPS) is 14.1. The molecule has 0 heterocycles. The van der Waals surface area contributed by atoms with E-state index in [1.54, 1.807) is 0 Å². The Morgan fingerprint density at radius 1 is 1.21 bits per heavy atom. The zero-order valence-electron chi connectivity index (χ0n) is 11.5. The van der Waals surface area contributed by atoms with Crippen molar-refractivity contribution >= 4 is 37.9 Å². The van der Waals surface area contributed by atoms with Crippen LogP contribution in [0.2, 0.25) is 14.8 Å². The van der Waals surface area contributed by atoms with Crippen LogP contribution in [0.25, 0.3) is 0 Å². The van der Waals surface area contributed by atoms with E-state index in [1.165, 1.54) is 22.6 Å². The fraction of sp³-hybridized carbons (Fsp3) is 0.417. The molecule has 0 aromatic heterocycles. The molecule has 2 N–H and O–H groups in total. The molecular weight excluding hydrogens is 373 g/mol. The number of carboxylic acids is 1. The van der Waals surface area contributed by atoms with Gasteiger partial charge in [0, 0.05) is 0 Å². The van der Waals surface area contributed by atoms with E-state index in [9.17, 15) is 13.2 Å². The third-order valence-corrected chi connectivity index (χ3v) is 10.2. The molecule has 0 aliphatic carbocycles. The van der Waals surface area contributed by atoms with E-state index in [2.05, 4.69) is 19.5 Å². The number of carboxylic acid groups (broad SMARTS) is 1. The third kappa shape index (κ3) is 4.46. The van der Waals surface area contributed by atoms with Gasteiger partial charge in [-0.25, -0.2) is 0 Å². The van der Waals surface area contributed by atoms with E-state index in [-0.39, 0.29) is 4.90 Å². The summed E-state index contributed by atoms with van der Waals surface area (Å²) in [6.45, 7) is 1.29. The summed E-state index contributed by atoms with van der Waals surface area (Å²) in [7, 11) is -3.77. The van der Waals surface area contributed by atoms with Gasteiger partial charge >= 0.3 is 118 Å². The number of rotatable bonds is 5. The SMILES string of the molecule is CC(NS(=O)(=O)c1cc[c]([Sn]([CH3])([CH3])[CH3])cc1)C(=O)O. The van der Waals surface area contributed by atoms with Gasteiger partial charge in [-0.2, -0.15) is 0 Å². The van der Waals surface area contributed by atoms with Crippen molar-refractivity contribution in [3.63, 3.8) is 0 Å². The standard InChI is InChI=1S/C9H10NO4S.3CH3.Sn/c1-7(9(11)12)10-15(13,14)8-5-3-2-4-6-8;;;;/h3-7,10H,1H3,(H,11,12);3*1H3;. The van der Waals surface area contributed by atoms with Gasteiger partial charge in [0.05, 0.1) is 0 Å². The number of benzene rings is 1. The van der Waals surface area contributed by atoms with Crippen LogP contribution in [-0.4, -0.2) is 43.9 Å². The van der Waals surface area contributed by atoms with Gasteiger partial charge in [0.1, 0.15) is 0 Å². The molecule has 0 saturated heterocycles. The molecule has 0 amide bonds. The van der Waals surface area contributed by atoms with Crippen LogP contribution in [0.15, 0.2) is 29.2 Å². The van der Waals surface area contributed by atoms with Gasteiger partial charge in [-0.1, -0.05) is 0 Å². The van der Waals surface area contributed by atoms with Crippen LogP contribution in [0.3, 0.4) is 0 Å². The van der Waals surface area contributed by atoms with Crippen molar-refractivity contribution in [1.82, 2.24) is 4.72 Å². The molecule has 0 aliphatic heterocycles. The van der Waals surface area contributed by atoms with Crippen molar-refractivity contribution in [2.24, 2.45) is 0 Å². The maximum atomic E-state index is 12.0. The second-order valence-corrected chi connectivity index (χ2v) is 21.7. The number of nitrogens with one attached hydrogen (secondary N) is 1. The fourth-order valence-electron chi connectivity index (χ4n) is 1.49. The molecule has 7 heteroatoms. The van der Waals surface area contributed by atoms with Crippen LogP contribution in [0.4, 0.5) is 0 Å². The van der Waals surface area contributed by atoms with Gasteiger partial charge < -0.3 is 0 Å². The summed E-state index contributed by atoms with van der Waals surface area (Å²) in [4.78, 5) is 17.5.